The molecular weight excluding hydrogens is 250 g/mol. The molecule has 0 radical (unpaired) electrons. The molecule has 0 saturated heterocycles. The average Bonchev–Trinajstić information content (AvgIpc) is 2.36. The van der Waals surface area contributed by atoms with Crippen LogP contribution < -0.4 is 0 Å². The lowest BCUT2D eigenvalue weighted by Crippen LogP contribution is -2.51. The van der Waals surface area contributed by atoms with Crippen LogP contribution in [-0.2, 0) is 9.59 Å². The summed E-state index contributed by atoms with van der Waals surface area (Å²) in [5, 5.41) is 9.05. The van der Waals surface area contributed by atoms with E-state index >= 15 is 0 Å². The first-order valence-electron chi connectivity index (χ1n) is 5.53. The van der Waals surface area contributed by atoms with Crippen LogP contribution in [0.1, 0.15) is 13.8 Å². The third kappa shape index (κ3) is 3.50. The molecule has 1 N–H and O–H groups in total. The molecule has 1 rings (SSSR count). The summed E-state index contributed by atoms with van der Waals surface area (Å²) in [5.74, 6) is -0.976. The molecule has 0 saturated carbocycles. The number of carboxylic acids is 1. The first-order chi connectivity index (χ1) is 8.35. The maximum atomic E-state index is 11.9. The molecule has 5 heteroatoms. The van der Waals surface area contributed by atoms with Crippen LogP contribution in [0.15, 0.2) is 35.2 Å². The van der Waals surface area contributed by atoms with Crippen molar-refractivity contribution in [3.05, 3.63) is 30.3 Å². The van der Waals surface area contributed by atoms with Gasteiger partial charge < -0.3 is 10.0 Å². The lowest BCUT2D eigenvalue weighted by atomic mass is 10.0. The van der Waals surface area contributed by atoms with Crippen molar-refractivity contribution in [2.45, 2.75) is 24.3 Å². The van der Waals surface area contributed by atoms with Crippen LogP contribution in [0.25, 0.3) is 0 Å². The van der Waals surface area contributed by atoms with Gasteiger partial charge in [-0.1, -0.05) is 18.2 Å². The van der Waals surface area contributed by atoms with E-state index in [9.17, 15) is 9.59 Å². The van der Waals surface area contributed by atoms with E-state index in [4.69, 9.17) is 5.11 Å². The molecular formula is C13H17NO3S. The number of benzene rings is 1. The largest absolute Gasteiger partial charge is 0.480 e. The quantitative estimate of drug-likeness (QED) is 0.830. The predicted octanol–water partition coefficient (Wildman–Crippen LogP) is 2.10. The van der Waals surface area contributed by atoms with Crippen LogP contribution >= 0.6 is 11.8 Å². The van der Waals surface area contributed by atoms with Crippen molar-refractivity contribution >= 4 is 23.6 Å². The van der Waals surface area contributed by atoms with E-state index in [0.717, 1.165) is 4.90 Å². The second kappa shape index (κ2) is 5.91. The number of nitrogens with zero attached hydrogens (tertiary/aromatic N) is 1. The molecule has 0 aliphatic rings. The van der Waals surface area contributed by atoms with E-state index in [-0.39, 0.29) is 11.7 Å². The van der Waals surface area contributed by atoms with Crippen molar-refractivity contribution in [3.63, 3.8) is 0 Å². The van der Waals surface area contributed by atoms with Crippen LogP contribution in [0.5, 0.6) is 0 Å². The van der Waals surface area contributed by atoms with Crippen LogP contribution in [0.4, 0.5) is 0 Å². The van der Waals surface area contributed by atoms with E-state index in [1.54, 1.807) is 0 Å². The molecule has 4 nitrogen and oxygen atoms in total. The van der Waals surface area contributed by atoms with Gasteiger partial charge in [0, 0.05) is 11.9 Å². The molecule has 0 atom stereocenters. The van der Waals surface area contributed by atoms with E-state index < -0.39 is 11.5 Å². The maximum absolute atomic E-state index is 11.9. The second-order valence-corrected chi connectivity index (χ2v) is 5.47. The fraction of sp³-hybridized carbons (Fsp3) is 0.385. The number of aliphatic carboxylic acids is 1. The summed E-state index contributed by atoms with van der Waals surface area (Å²) in [5.41, 5.74) is -1.19. The highest BCUT2D eigenvalue weighted by Gasteiger charge is 2.34. The summed E-state index contributed by atoms with van der Waals surface area (Å²) in [6.45, 7) is 3.03. The van der Waals surface area contributed by atoms with Crippen molar-refractivity contribution in [3.8, 4) is 0 Å². The van der Waals surface area contributed by atoms with Gasteiger partial charge in [0.1, 0.15) is 5.54 Å². The van der Waals surface area contributed by atoms with E-state index in [1.807, 2.05) is 30.3 Å². The minimum absolute atomic E-state index is 0.198. The normalized spacial score (nSPS) is 11.1. The first kappa shape index (κ1) is 14.6. The third-order valence-corrected chi connectivity index (χ3v) is 3.84. The zero-order valence-electron chi connectivity index (χ0n) is 10.7. The third-order valence-electron chi connectivity index (χ3n) is 2.84. The summed E-state index contributed by atoms with van der Waals surface area (Å²) in [6.07, 6.45) is 0. The molecule has 0 heterocycles. The fourth-order valence-corrected chi connectivity index (χ4v) is 2.05. The molecule has 98 valence electrons. The number of carbonyl (C=O) groups is 2. The van der Waals surface area contributed by atoms with Gasteiger partial charge in [-0.3, -0.25) is 4.79 Å². The topological polar surface area (TPSA) is 57.6 Å². The zero-order chi connectivity index (χ0) is 13.8. The summed E-state index contributed by atoms with van der Waals surface area (Å²) >= 11 is 1.40. The Morgan fingerprint density at radius 1 is 1.28 bits per heavy atom. The Hall–Kier alpha value is -1.49. The fourth-order valence-electron chi connectivity index (χ4n) is 1.21. The van der Waals surface area contributed by atoms with E-state index in [2.05, 4.69) is 0 Å². The molecule has 18 heavy (non-hydrogen) atoms. The number of hydrogen-bond acceptors (Lipinski definition) is 3. The molecule has 0 spiro atoms. The van der Waals surface area contributed by atoms with Crippen molar-refractivity contribution in [1.29, 1.82) is 0 Å². The summed E-state index contributed by atoms with van der Waals surface area (Å²) < 4.78 is 0. The molecule has 1 amide bonds. The summed E-state index contributed by atoms with van der Waals surface area (Å²) in [4.78, 5) is 25.2. The highest BCUT2D eigenvalue weighted by molar-refractivity contribution is 8.00. The highest BCUT2D eigenvalue weighted by atomic mass is 32.2. The standard InChI is InChI=1S/C13H17NO3S/c1-13(2,12(16)17)14(3)11(15)9-18-10-7-5-4-6-8-10/h4-8H,9H2,1-3H3,(H,16,17). The van der Waals surface area contributed by atoms with Crippen molar-refractivity contribution in [2.24, 2.45) is 0 Å². The lowest BCUT2D eigenvalue weighted by molar-refractivity contribution is -0.154. The minimum atomic E-state index is -1.19. The maximum Gasteiger partial charge on any atom is 0.329 e. The van der Waals surface area contributed by atoms with Crippen LogP contribution in [-0.4, -0.2) is 40.2 Å². The molecule has 0 aromatic heterocycles. The minimum Gasteiger partial charge on any atom is -0.480 e. The van der Waals surface area contributed by atoms with Gasteiger partial charge in [0.2, 0.25) is 5.91 Å². The molecule has 0 unspecified atom stereocenters. The molecule has 1 aromatic rings. The predicted molar refractivity (Wildman–Crippen MR) is 71.7 cm³/mol. The summed E-state index contributed by atoms with van der Waals surface area (Å²) in [6, 6.07) is 9.54. The Morgan fingerprint density at radius 2 is 1.83 bits per heavy atom. The Labute approximate surface area is 111 Å². The van der Waals surface area contributed by atoms with E-state index in [1.165, 1.54) is 37.6 Å². The van der Waals surface area contributed by atoms with Crippen molar-refractivity contribution in [2.75, 3.05) is 12.8 Å². The lowest BCUT2D eigenvalue weighted by Gasteiger charge is -2.31. The molecule has 0 fully saturated rings. The number of carbonyl (C=O) groups excluding carboxylic acids is 1. The van der Waals surface area contributed by atoms with Crippen LogP contribution in [0, 0.1) is 0 Å². The number of likely N-dealkylation sites (N-methyl/N-ethyl adjacent to an activating group) is 1. The number of hydrogen-bond donors (Lipinski definition) is 1. The van der Waals surface area contributed by atoms with Gasteiger partial charge in [-0.05, 0) is 26.0 Å². The Kier molecular flexibility index (Phi) is 4.78. The monoisotopic (exact) mass is 267 g/mol. The highest BCUT2D eigenvalue weighted by Crippen LogP contribution is 2.20. The zero-order valence-corrected chi connectivity index (χ0v) is 11.5. The van der Waals surface area contributed by atoms with Crippen LogP contribution in [0.2, 0.25) is 0 Å². The SMILES string of the molecule is CN(C(=O)CSc1ccccc1)C(C)(C)C(=O)O. The Balaban J connectivity index is 2.59. The van der Waals surface area contributed by atoms with Gasteiger partial charge in [0.05, 0.1) is 5.75 Å². The van der Waals surface area contributed by atoms with Gasteiger partial charge in [-0.15, -0.1) is 11.8 Å². The molecule has 0 aliphatic heterocycles. The van der Waals surface area contributed by atoms with Gasteiger partial charge >= 0.3 is 5.97 Å². The van der Waals surface area contributed by atoms with Gasteiger partial charge in [0.25, 0.3) is 0 Å². The van der Waals surface area contributed by atoms with Gasteiger partial charge in [-0.2, -0.15) is 0 Å². The molecule has 1 aromatic carbocycles. The van der Waals surface area contributed by atoms with Crippen molar-refractivity contribution in [1.82, 2.24) is 4.90 Å². The first-order valence-corrected chi connectivity index (χ1v) is 6.52. The van der Waals surface area contributed by atoms with Gasteiger partial charge in [0.15, 0.2) is 0 Å². The number of carboxylic acid groups (broad SMARTS) is 1. The van der Waals surface area contributed by atoms with Gasteiger partial charge in [-0.25, -0.2) is 4.79 Å². The Morgan fingerprint density at radius 3 is 2.33 bits per heavy atom. The molecule has 0 bridgehead atoms. The van der Waals surface area contributed by atoms with Crippen molar-refractivity contribution < 1.29 is 14.7 Å². The summed E-state index contributed by atoms with van der Waals surface area (Å²) in [7, 11) is 1.52. The van der Waals surface area contributed by atoms with E-state index in [0.29, 0.717) is 0 Å². The number of thioether (sulfide) groups is 1. The van der Waals surface area contributed by atoms with Crippen LogP contribution in [0.3, 0.4) is 0 Å². The number of rotatable bonds is 5. The molecule has 0 aliphatic carbocycles. The average molecular weight is 267 g/mol. The smallest absolute Gasteiger partial charge is 0.329 e. The Bertz CT molecular complexity index is 431. The second-order valence-electron chi connectivity index (χ2n) is 4.42. The number of amides is 1.